The van der Waals surface area contributed by atoms with Crippen molar-refractivity contribution < 1.29 is 5.11 Å². The van der Waals surface area contributed by atoms with Gasteiger partial charge < -0.3 is 10.8 Å². The van der Waals surface area contributed by atoms with Crippen LogP contribution in [0.15, 0.2) is 58.3 Å². The van der Waals surface area contributed by atoms with Gasteiger partial charge in [-0.3, -0.25) is 0 Å². The van der Waals surface area contributed by atoms with Gasteiger partial charge in [-0.25, -0.2) is 0 Å². The highest BCUT2D eigenvalue weighted by atomic mass is 35.5. The topological polar surface area (TPSA) is 46.2 Å². The first-order valence-corrected chi connectivity index (χ1v) is 9.13. The third-order valence-electron chi connectivity index (χ3n) is 3.77. The maximum atomic E-state index is 10.4. The van der Waals surface area contributed by atoms with Crippen molar-refractivity contribution in [1.29, 1.82) is 0 Å². The average molecular weight is 386 g/mol. The lowest BCUT2D eigenvalue weighted by molar-refractivity contribution is 0.127. The fourth-order valence-corrected chi connectivity index (χ4v) is 3.49. The van der Waals surface area contributed by atoms with Gasteiger partial charge in [0.2, 0.25) is 0 Å². The van der Waals surface area contributed by atoms with Crippen LogP contribution < -0.4 is 5.73 Å². The lowest BCUT2D eigenvalue weighted by Gasteiger charge is -2.22. The van der Waals surface area contributed by atoms with Crippen LogP contribution in [0.25, 0.3) is 0 Å². The molecule has 3 N–H and O–H groups in total. The molecule has 24 heavy (non-hydrogen) atoms. The molecule has 0 spiro atoms. The molecule has 0 aliphatic carbocycles. The largest absolute Gasteiger partial charge is 0.391 e. The summed E-state index contributed by atoms with van der Waals surface area (Å²) in [6.45, 7) is 4.31. The quantitative estimate of drug-likeness (QED) is 0.641. The number of benzene rings is 2. The number of halogens is 2. The molecule has 0 aliphatic heterocycles. The molecule has 0 heterocycles. The summed E-state index contributed by atoms with van der Waals surface area (Å²) in [6.07, 6.45) is 1.17. The van der Waals surface area contributed by atoms with Gasteiger partial charge in [-0.05, 0) is 54.7 Å². The van der Waals surface area contributed by atoms with E-state index in [0.29, 0.717) is 5.92 Å². The molecule has 0 saturated heterocycles. The van der Waals surface area contributed by atoms with E-state index in [0.717, 1.165) is 33.2 Å². The van der Waals surface area contributed by atoms with Crippen LogP contribution in [0.2, 0.25) is 5.02 Å². The summed E-state index contributed by atoms with van der Waals surface area (Å²) in [5.41, 5.74) is 7.31. The second kappa shape index (κ2) is 10.3. The Kier molecular flexibility index (Phi) is 9.17. The summed E-state index contributed by atoms with van der Waals surface area (Å²) in [4.78, 5) is 2.18. The number of aliphatic hydroxyl groups excluding tert-OH is 1. The molecular weight excluding hydrogens is 361 g/mol. The first-order valence-electron chi connectivity index (χ1n) is 7.93. The zero-order chi connectivity index (χ0) is 16.8. The Hall–Kier alpha value is -0.710. The SMILES string of the molecule is CC(C)CC[C@H](O)[C@H](N)c1ccccc1Sc1ccc(Cl)cc1.Cl. The Morgan fingerprint density at radius 1 is 1.04 bits per heavy atom. The van der Waals surface area contributed by atoms with E-state index < -0.39 is 6.10 Å². The van der Waals surface area contributed by atoms with Crippen molar-refractivity contribution in [1.82, 2.24) is 0 Å². The van der Waals surface area contributed by atoms with Crippen molar-refractivity contribution in [2.24, 2.45) is 11.7 Å². The first-order chi connectivity index (χ1) is 11.0. The van der Waals surface area contributed by atoms with Gasteiger partial charge in [0.1, 0.15) is 0 Å². The van der Waals surface area contributed by atoms with Crippen LogP contribution >= 0.6 is 35.8 Å². The minimum atomic E-state index is -0.524. The zero-order valence-electron chi connectivity index (χ0n) is 14.0. The van der Waals surface area contributed by atoms with E-state index in [2.05, 4.69) is 13.8 Å². The molecule has 0 radical (unpaired) electrons. The Morgan fingerprint density at radius 3 is 2.29 bits per heavy atom. The molecule has 0 fully saturated rings. The maximum absolute atomic E-state index is 10.4. The Bertz CT molecular complexity index is 619. The lowest BCUT2D eigenvalue weighted by Crippen LogP contribution is -2.27. The number of rotatable bonds is 7. The van der Waals surface area contributed by atoms with Gasteiger partial charge in [-0.1, -0.05) is 55.4 Å². The van der Waals surface area contributed by atoms with Crippen LogP contribution in [0.1, 0.15) is 38.3 Å². The summed E-state index contributed by atoms with van der Waals surface area (Å²) in [5, 5.41) is 11.1. The number of hydrogen-bond donors (Lipinski definition) is 2. The molecule has 132 valence electrons. The minimum Gasteiger partial charge on any atom is -0.391 e. The second-order valence-electron chi connectivity index (χ2n) is 6.16. The van der Waals surface area contributed by atoms with Crippen molar-refractivity contribution >= 4 is 35.8 Å². The van der Waals surface area contributed by atoms with Crippen molar-refractivity contribution in [3.05, 3.63) is 59.1 Å². The van der Waals surface area contributed by atoms with Crippen LogP contribution in [0, 0.1) is 5.92 Å². The highest BCUT2D eigenvalue weighted by Gasteiger charge is 2.20. The molecule has 0 aromatic heterocycles. The van der Waals surface area contributed by atoms with Crippen LogP contribution in [0.4, 0.5) is 0 Å². The number of nitrogens with two attached hydrogens (primary N) is 1. The molecule has 2 atom stereocenters. The van der Waals surface area contributed by atoms with Gasteiger partial charge in [-0.2, -0.15) is 0 Å². The molecule has 5 heteroatoms. The fraction of sp³-hybridized carbons (Fsp3) is 0.368. The molecule has 0 aliphatic rings. The van der Waals surface area contributed by atoms with Crippen LogP contribution in [0.5, 0.6) is 0 Å². The van der Waals surface area contributed by atoms with E-state index in [1.807, 2.05) is 48.5 Å². The molecule has 2 nitrogen and oxygen atoms in total. The molecular formula is C19H25Cl2NOS. The predicted molar refractivity (Wildman–Crippen MR) is 106 cm³/mol. The van der Waals surface area contributed by atoms with Crippen LogP contribution in [0.3, 0.4) is 0 Å². The van der Waals surface area contributed by atoms with E-state index in [9.17, 15) is 5.11 Å². The van der Waals surface area contributed by atoms with E-state index in [1.165, 1.54) is 0 Å². The first kappa shape index (κ1) is 21.3. The molecule has 2 aromatic carbocycles. The van der Waals surface area contributed by atoms with Gasteiger partial charge in [0.05, 0.1) is 12.1 Å². The van der Waals surface area contributed by atoms with Crippen LogP contribution in [-0.2, 0) is 0 Å². The molecule has 2 aromatic rings. The lowest BCUT2D eigenvalue weighted by atomic mass is 9.96. The van der Waals surface area contributed by atoms with E-state index in [1.54, 1.807) is 11.8 Å². The zero-order valence-corrected chi connectivity index (χ0v) is 16.4. The minimum absolute atomic E-state index is 0. The molecule has 0 amide bonds. The average Bonchev–Trinajstić information content (AvgIpc) is 2.54. The summed E-state index contributed by atoms with van der Waals surface area (Å²) in [5.74, 6) is 0.565. The van der Waals surface area contributed by atoms with Crippen LogP contribution in [-0.4, -0.2) is 11.2 Å². The fourth-order valence-electron chi connectivity index (χ4n) is 2.37. The van der Waals surface area contributed by atoms with Gasteiger partial charge in [0, 0.05) is 14.8 Å². The van der Waals surface area contributed by atoms with Gasteiger partial charge in [0.15, 0.2) is 0 Å². The Morgan fingerprint density at radius 2 is 1.67 bits per heavy atom. The third kappa shape index (κ3) is 6.30. The summed E-state index contributed by atoms with van der Waals surface area (Å²) < 4.78 is 0. The number of hydrogen-bond acceptors (Lipinski definition) is 3. The van der Waals surface area contributed by atoms with Gasteiger partial charge in [0.25, 0.3) is 0 Å². The molecule has 0 saturated carbocycles. The van der Waals surface area contributed by atoms with Crippen molar-refractivity contribution in [3.8, 4) is 0 Å². The standard InChI is InChI=1S/C19H24ClNOS.ClH/c1-13(2)7-12-17(22)19(21)16-5-3-4-6-18(16)23-15-10-8-14(20)9-11-15;/h3-6,8-11,13,17,19,22H,7,12,21H2,1-2H3;1H/t17-,19+;/m0./s1. The third-order valence-corrected chi connectivity index (χ3v) is 5.13. The Labute approximate surface area is 160 Å². The highest BCUT2D eigenvalue weighted by molar-refractivity contribution is 7.99. The highest BCUT2D eigenvalue weighted by Crippen LogP contribution is 2.34. The van der Waals surface area contributed by atoms with Crippen molar-refractivity contribution in [2.45, 2.75) is 48.6 Å². The molecule has 2 rings (SSSR count). The Balaban J connectivity index is 0.00000288. The normalized spacial score (nSPS) is 13.4. The monoisotopic (exact) mass is 385 g/mol. The number of aliphatic hydroxyl groups is 1. The van der Waals surface area contributed by atoms with E-state index in [-0.39, 0.29) is 18.4 Å². The molecule has 0 unspecified atom stereocenters. The maximum Gasteiger partial charge on any atom is 0.0733 e. The van der Waals surface area contributed by atoms with E-state index >= 15 is 0 Å². The van der Waals surface area contributed by atoms with Gasteiger partial charge in [-0.15, -0.1) is 12.4 Å². The summed E-state index contributed by atoms with van der Waals surface area (Å²) in [6, 6.07) is 15.4. The smallest absolute Gasteiger partial charge is 0.0733 e. The van der Waals surface area contributed by atoms with Crippen molar-refractivity contribution in [3.63, 3.8) is 0 Å². The summed E-state index contributed by atoms with van der Waals surface area (Å²) in [7, 11) is 0. The van der Waals surface area contributed by atoms with E-state index in [4.69, 9.17) is 17.3 Å². The molecule has 0 bridgehead atoms. The summed E-state index contributed by atoms with van der Waals surface area (Å²) >= 11 is 7.58. The van der Waals surface area contributed by atoms with Gasteiger partial charge >= 0.3 is 0 Å². The predicted octanol–water partition coefficient (Wildman–Crippen LogP) is 5.71. The van der Waals surface area contributed by atoms with Crippen molar-refractivity contribution in [2.75, 3.05) is 0 Å². The second-order valence-corrected chi connectivity index (χ2v) is 7.71.